The highest BCUT2D eigenvalue weighted by Gasteiger charge is 2.38. The van der Waals surface area contributed by atoms with E-state index in [-0.39, 0.29) is 5.91 Å². The van der Waals surface area contributed by atoms with E-state index < -0.39 is 0 Å². The second kappa shape index (κ2) is 5.96. The van der Waals surface area contributed by atoms with E-state index in [9.17, 15) is 4.79 Å². The first-order valence-corrected chi connectivity index (χ1v) is 7.82. The van der Waals surface area contributed by atoms with Crippen molar-refractivity contribution in [3.63, 3.8) is 0 Å². The maximum atomic E-state index is 12.3. The summed E-state index contributed by atoms with van der Waals surface area (Å²) in [5.41, 5.74) is 0.777. The van der Waals surface area contributed by atoms with Gasteiger partial charge >= 0.3 is 0 Å². The molecule has 1 unspecified atom stereocenters. The molecule has 1 aliphatic heterocycles. The summed E-state index contributed by atoms with van der Waals surface area (Å²) in [6.07, 6.45) is 6.28. The highest BCUT2D eigenvalue weighted by atomic mass is 16.1. The van der Waals surface area contributed by atoms with Gasteiger partial charge in [0.2, 0.25) is 0 Å². The Bertz CT molecular complexity index is 459. The summed E-state index contributed by atoms with van der Waals surface area (Å²) < 4.78 is 0. The van der Waals surface area contributed by atoms with Crippen LogP contribution in [0.2, 0.25) is 0 Å². The highest BCUT2D eigenvalue weighted by Crippen LogP contribution is 2.34. The van der Waals surface area contributed by atoms with Gasteiger partial charge in [0.25, 0.3) is 5.91 Å². The molecular formula is C17H24N2O. The topological polar surface area (TPSA) is 32.3 Å². The molecule has 1 saturated carbocycles. The minimum absolute atomic E-state index is 0.0875. The van der Waals surface area contributed by atoms with Crippen molar-refractivity contribution in [2.24, 2.45) is 5.92 Å². The van der Waals surface area contributed by atoms with E-state index in [1.165, 1.54) is 25.7 Å². The number of benzene rings is 1. The zero-order chi connectivity index (χ0) is 13.9. The fourth-order valence-electron chi connectivity index (χ4n) is 3.90. The van der Waals surface area contributed by atoms with Gasteiger partial charge in [0, 0.05) is 24.2 Å². The van der Waals surface area contributed by atoms with Crippen LogP contribution in [-0.2, 0) is 0 Å². The Kier molecular flexibility index (Phi) is 4.06. The number of rotatable bonds is 2. The predicted molar refractivity (Wildman–Crippen MR) is 80.7 cm³/mol. The molecule has 1 heterocycles. The minimum Gasteiger partial charge on any atom is -0.349 e. The van der Waals surface area contributed by atoms with Gasteiger partial charge in [-0.15, -0.1) is 0 Å². The lowest BCUT2D eigenvalue weighted by Gasteiger charge is -2.46. The fraction of sp³-hybridized carbons (Fsp3) is 0.588. The van der Waals surface area contributed by atoms with Gasteiger partial charge in [-0.05, 0) is 44.4 Å². The first-order valence-electron chi connectivity index (χ1n) is 7.82. The van der Waals surface area contributed by atoms with Crippen LogP contribution in [0.1, 0.15) is 42.5 Å². The van der Waals surface area contributed by atoms with Crippen LogP contribution in [0.3, 0.4) is 0 Å². The molecule has 0 aromatic heterocycles. The quantitative estimate of drug-likeness (QED) is 0.897. The summed E-state index contributed by atoms with van der Waals surface area (Å²) >= 11 is 0. The van der Waals surface area contributed by atoms with Gasteiger partial charge in [0.05, 0.1) is 0 Å². The molecule has 3 atom stereocenters. The molecule has 0 bridgehead atoms. The van der Waals surface area contributed by atoms with Gasteiger partial charge in [-0.25, -0.2) is 0 Å². The molecule has 2 fully saturated rings. The lowest BCUT2D eigenvalue weighted by atomic mass is 9.75. The number of fused-ring (bicyclic) bond motifs is 1. The molecule has 3 rings (SSSR count). The standard InChI is InChI=1S/C17H24N2O/c1-19-12-11-15(14-9-5-6-10-16(14)19)18-17(20)13-7-3-2-4-8-13/h2-4,7-8,14-16H,5-6,9-12H2,1H3,(H,18,20)/t14-,15?,16+/m1/s1. The fourth-order valence-corrected chi connectivity index (χ4v) is 3.90. The Balaban J connectivity index is 1.69. The van der Waals surface area contributed by atoms with Crippen molar-refractivity contribution < 1.29 is 4.79 Å². The summed E-state index contributed by atoms with van der Waals surface area (Å²) in [6, 6.07) is 10.6. The molecule has 3 heteroatoms. The van der Waals surface area contributed by atoms with Gasteiger partial charge < -0.3 is 10.2 Å². The Labute approximate surface area is 121 Å². The lowest BCUT2D eigenvalue weighted by molar-refractivity contribution is 0.0505. The van der Waals surface area contributed by atoms with Crippen molar-refractivity contribution in [1.82, 2.24) is 10.2 Å². The minimum atomic E-state index is 0.0875. The summed E-state index contributed by atoms with van der Waals surface area (Å²) in [7, 11) is 2.23. The summed E-state index contributed by atoms with van der Waals surface area (Å²) in [5.74, 6) is 0.722. The van der Waals surface area contributed by atoms with Crippen LogP contribution in [0.15, 0.2) is 30.3 Å². The van der Waals surface area contributed by atoms with Crippen LogP contribution in [0.25, 0.3) is 0 Å². The van der Waals surface area contributed by atoms with Crippen molar-refractivity contribution in [3.8, 4) is 0 Å². The normalized spacial score (nSPS) is 30.6. The molecule has 1 aromatic rings. The third kappa shape index (κ3) is 2.73. The summed E-state index contributed by atoms with van der Waals surface area (Å²) in [6.45, 7) is 1.10. The molecule has 1 amide bonds. The third-order valence-electron chi connectivity index (χ3n) is 5.01. The number of carbonyl (C=O) groups is 1. The number of hydrogen-bond donors (Lipinski definition) is 1. The van der Waals surface area contributed by atoms with E-state index in [2.05, 4.69) is 17.3 Å². The van der Waals surface area contributed by atoms with E-state index in [4.69, 9.17) is 0 Å². The summed E-state index contributed by atoms with van der Waals surface area (Å²) in [4.78, 5) is 14.8. The Morgan fingerprint density at radius 2 is 1.90 bits per heavy atom. The molecule has 0 radical (unpaired) electrons. The maximum Gasteiger partial charge on any atom is 0.251 e. The Hall–Kier alpha value is -1.35. The molecule has 108 valence electrons. The largest absolute Gasteiger partial charge is 0.349 e. The third-order valence-corrected chi connectivity index (χ3v) is 5.01. The van der Waals surface area contributed by atoms with Gasteiger partial charge in [0.15, 0.2) is 0 Å². The average molecular weight is 272 g/mol. The van der Waals surface area contributed by atoms with E-state index in [1.54, 1.807) is 0 Å². The molecular weight excluding hydrogens is 248 g/mol. The molecule has 20 heavy (non-hydrogen) atoms. The van der Waals surface area contributed by atoms with Crippen LogP contribution in [0, 0.1) is 5.92 Å². The molecule has 3 nitrogen and oxygen atoms in total. The second-order valence-electron chi connectivity index (χ2n) is 6.23. The molecule has 1 aliphatic carbocycles. The number of carbonyl (C=O) groups excluding carboxylic acids is 1. The lowest BCUT2D eigenvalue weighted by Crippen LogP contribution is -2.56. The number of hydrogen-bond acceptors (Lipinski definition) is 2. The van der Waals surface area contributed by atoms with Gasteiger partial charge in [-0.1, -0.05) is 31.0 Å². The maximum absolute atomic E-state index is 12.3. The van der Waals surface area contributed by atoms with E-state index in [0.717, 1.165) is 18.5 Å². The second-order valence-corrected chi connectivity index (χ2v) is 6.23. The zero-order valence-electron chi connectivity index (χ0n) is 12.2. The smallest absolute Gasteiger partial charge is 0.251 e. The first-order chi connectivity index (χ1) is 9.75. The first kappa shape index (κ1) is 13.6. The van der Waals surface area contributed by atoms with Gasteiger partial charge in [-0.3, -0.25) is 4.79 Å². The van der Waals surface area contributed by atoms with Crippen LogP contribution in [0.4, 0.5) is 0 Å². The molecule has 1 aromatic carbocycles. The van der Waals surface area contributed by atoms with Gasteiger partial charge in [-0.2, -0.15) is 0 Å². The predicted octanol–water partition coefficient (Wildman–Crippen LogP) is 2.68. The van der Waals surface area contributed by atoms with Crippen molar-refractivity contribution in [2.75, 3.05) is 13.6 Å². The van der Waals surface area contributed by atoms with Crippen molar-refractivity contribution in [2.45, 2.75) is 44.2 Å². The SMILES string of the molecule is CN1CCC(NC(=O)c2ccccc2)[C@H]2CCCC[C@@H]21. The van der Waals surface area contributed by atoms with Gasteiger partial charge in [0.1, 0.15) is 0 Å². The molecule has 2 aliphatic rings. The van der Waals surface area contributed by atoms with E-state index >= 15 is 0 Å². The van der Waals surface area contributed by atoms with Crippen molar-refractivity contribution in [1.29, 1.82) is 0 Å². The average Bonchev–Trinajstić information content (AvgIpc) is 2.51. The van der Waals surface area contributed by atoms with Crippen LogP contribution >= 0.6 is 0 Å². The Morgan fingerprint density at radius 1 is 1.15 bits per heavy atom. The zero-order valence-corrected chi connectivity index (χ0v) is 12.2. The number of nitrogens with zero attached hydrogens (tertiary/aromatic N) is 1. The number of nitrogens with one attached hydrogen (secondary N) is 1. The van der Waals surface area contributed by atoms with Crippen LogP contribution in [0.5, 0.6) is 0 Å². The molecule has 0 spiro atoms. The van der Waals surface area contributed by atoms with Crippen molar-refractivity contribution >= 4 is 5.91 Å². The van der Waals surface area contributed by atoms with E-state index in [0.29, 0.717) is 18.0 Å². The van der Waals surface area contributed by atoms with Crippen molar-refractivity contribution in [3.05, 3.63) is 35.9 Å². The monoisotopic (exact) mass is 272 g/mol. The Morgan fingerprint density at radius 3 is 2.70 bits per heavy atom. The molecule has 1 saturated heterocycles. The number of likely N-dealkylation sites (tertiary alicyclic amines) is 1. The molecule has 1 N–H and O–H groups in total. The van der Waals surface area contributed by atoms with E-state index in [1.807, 2.05) is 30.3 Å². The van der Waals surface area contributed by atoms with Crippen LogP contribution in [-0.4, -0.2) is 36.5 Å². The number of amides is 1. The highest BCUT2D eigenvalue weighted by molar-refractivity contribution is 5.94. The summed E-state index contributed by atoms with van der Waals surface area (Å²) in [5, 5.41) is 3.29. The van der Waals surface area contributed by atoms with Crippen LogP contribution < -0.4 is 5.32 Å². The number of piperidine rings is 1.